The number of methoxy groups -OCH3 is 1. The third kappa shape index (κ3) is 13.2. The van der Waals surface area contributed by atoms with Crippen molar-refractivity contribution in [1.29, 1.82) is 0 Å². The Labute approximate surface area is 349 Å². The SMILES string of the molecule is CN[C@H](C(=O)N[C@H](C(=O)N(C)[C@H](C(=O)N(C)[C@H](C(=O)N(C)[C@H](C(=O)N(C)[C@H](C(=O)NCCc1ccccc1OC)C(C)C)C(C)C)C(C)C)C(C)C)C(C)C)C(C)C. The first-order chi connectivity index (χ1) is 26.9. The van der Waals surface area contributed by atoms with Crippen LogP contribution in [0, 0.1) is 35.5 Å². The van der Waals surface area contributed by atoms with Crippen molar-refractivity contribution in [1.82, 2.24) is 35.6 Å². The van der Waals surface area contributed by atoms with Gasteiger partial charge in [-0.3, -0.25) is 28.8 Å². The molecular formula is C44H77N7O7. The Morgan fingerprint density at radius 1 is 0.534 bits per heavy atom. The Bertz CT molecular complexity index is 1530. The number of hydrogen-bond acceptors (Lipinski definition) is 8. The summed E-state index contributed by atoms with van der Waals surface area (Å²) in [7, 11) is 9.55. The largest absolute Gasteiger partial charge is 0.496 e. The summed E-state index contributed by atoms with van der Waals surface area (Å²) in [5, 5.41) is 8.90. The maximum absolute atomic E-state index is 14.6. The van der Waals surface area contributed by atoms with Gasteiger partial charge in [-0.2, -0.15) is 0 Å². The fraction of sp³-hybridized carbons (Fsp3) is 0.727. The van der Waals surface area contributed by atoms with E-state index in [0.29, 0.717) is 13.0 Å². The zero-order chi connectivity index (χ0) is 44.9. The first-order valence-electron chi connectivity index (χ1n) is 20.8. The Kier molecular flexibility index (Phi) is 20.9. The van der Waals surface area contributed by atoms with Gasteiger partial charge in [0.2, 0.25) is 35.4 Å². The van der Waals surface area contributed by atoms with Crippen LogP contribution in [0.2, 0.25) is 0 Å². The van der Waals surface area contributed by atoms with Crippen molar-refractivity contribution in [3.63, 3.8) is 0 Å². The highest BCUT2D eigenvalue weighted by Crippen LogP contribution is 2.24. The predicted molar refractivity (Wildman–Crippen MR) is 230 cm³/mol. The molecule has 0 radical (unpaired) electrons. The third-order valence-corrected chi connectivity index (χ3v) is 11.0. The van der Waals surface area contributed by atoms with Gasteiger partial charge in [0.05, 0.1) is 13.2 Å². The van der Waals surface area contributed by atoms with Crippen LogP contribution in [-0.2, 0) is 35.2 Å². The van der Waals surface area contributed by atoms with E-state index in [9.17, 15) is 28.8 Å². The molecule has 14 nitrogen and oxygen atoms in total. The van der Waals surface area contributed by atoms with Gasteiger partial charge >= 0.3 is 0 Å². The second-order valence-electron chi connectivity index (χ2n) is 17.6. The zero-order valence-electron chi connectivity index (χ0n) is 38.8. The summed E-state index contributed by atoms with van der Waals surface area (Å²) in [5.41, 5.74) is 0.949. The Hall–Kier alpha value is -4.20. The van der Waals surface area contributed by atoms with E-state index in [1.54, 1.807) is 42.3 Å². The molecule has 3 N–H and O–H groups in total. The second kappa shape index (κ2) is 23.4. The molecule has 6 atom stereocenters. The standard InChI is InChI=1S/C44H77N7O7/c1-25(2)33(45-13)39(52)47-34(26(3)4)41(54)49(15)36(28(7)8)43(56)51(17)38(30(11)12)44(57)50(16)37(29(9)10)42(55)48(14)35(27(5)6)40(53)46-24-23-31-21-19-20-22-32(31)58-18/h19-22,25-30,33-38,45H,23-24H2,1-18H3,(H,46,53)(H,47,52)/t33-,34-,35-,36-,37-,38-/m0/s1. The van der Waals surface area contributed by atoms with Gasteiger partial charge in [0, 0.05) is 34.7 Å². The highest BCUT2D eigenvalue weighted by Gasteiger charge is 2.44. The molecule has 0 aliphatic carbocycles. The van der Waals surface area contributed by atoms with Gasteiger partial charge in [0.1, 0.15) is 36.0 Å². The summed E-state index contributed by atoms with van der Waals surface area (Å²) < 4.78 is 5.44. The Morgan fingerprint density at radius 3 is 1.28 bits per heavy atom. The third-order valence-electron chi connectivity index (χ3n) is 11.0. The number of hydrogen-bond donors (Lipinski definition) is 3. The van der Waals surface area contributed by atoms with Crippen molar-refractivity contribution < 1.29 is 33.5 Å². The van der Waals surface area contributed by atoms with E-state index >= 15 is 0 Å². The van der Waals surface area contributed by atoms with Crippen LogP contribution in [0.3, 0.4) is 0 Å². The summed E-state index contributed by atoms with van der Waals surface area (Å²) in [4.78, 5) is 90.0. The molecule has 14 heteroatoms. The van der Waals surface area contributed by atoms with Gasteiger partial charge < -0.3 is 40.3 Å². The van der Waals surface area contributed by atoms with Gasteiger partial charge in [-0.15, -0.1) is 0 Å². The van der Waals surface area contributed by atoms with Crippen molar-refractivity contribution >= 4 is 35.4 Å². The fourth-order valence-electron chi connectivity index (χ4n) is 7.87. The summed E-state index contributed by atoms with van der Waals surface area (Å²) in [6.45, 7) is 22.6. The number of carbonyl (C=O) groups excluding carboxylic acids is 6. The Balaban J connectivity index is 3.39. The molecule has 0 aliphatic rings. The number of para-hydroxylation sites is 1. The molecule has 0 aromatic heterocycles. The fourth-order valence-corrected chi connectivity index (χ4v) is 7.87. The first kappa shape index (κ1) is 51.8. The normalized spacial score (nSPS) is 14.8. The maximum Gasteiger partial charge on any atom is 0.246 e. The molecule has 0 saturated carbocycles. The summed E-state index contributed by atoms with van der Waals surface area (Å²) in [5.74, 6) is -3.15. The first-order valence-corrected chi connectivity index (χ1v) is 20.8. The summed E-state index contributed by atoms with van der Waals surface area (Å²) in [6.07, 6.45) is 0.540. The smallest absolute Gasteiger partial charge is 0.246 e. The quantitative estimate of drug-likeness (QED) is 0.160. The van der Waals surface area contributed by atoms with E-state index in [2.05, 4.69) is 16.0 Å². The minimum atomic E-state index is -0.983. The van der Waals surface area contributed by atoms with Crippen molar-refractivity contribution in [2.24, 2.45) is 35.5 Å². The predicted octanol–water partition coefficient (Wildman–Crippen LogP) is 3.67. The number of carbonyl (C=O) groups is 6. The number of benzene rings is 1. The van der Waals surface area contributed by atoms with Gasteiger partial charge in [0.25, 0.3) is 0 Å². The number of ether oxygens (including phenoxy) is 1. The number of likely N-dealkylation sites (N-methyl/N-ethyl adjacent to an activating group) is 5. The average molecular weight is 816 g/mol. The number of nitrogens with one attached hydrogen (secondary N) is 3. The van der Waals surface area contributed by atoms with Crippen LogP contribution in [0.5, 0.6) is 5.75 Å². The van der Waals surface area contributed by atoms with Crippen molar-refractivity contribution in [3.8, 4) is 5.75 Å². The molecule has 1 aromatic carbocycles. The van der Waals surface area contributed by atoms with Crippen LogP contribution in [0.15, 0.2) is 24.3 Å². The number of nitrogens with zero attached hydrogens (tertiary/aromatic N) is 4. The van der Waals surface area contributed by atoms with E-state index < -0.39 is 59.9 Å². The molecule has 0 aliphatic heterocycles. The second-order valence-corrected chi connectivity index (χ2v) is 17.6. The zero-order valence-corrected chi connectivity index (χ0v) is 38.8. The lowest BCUT2D eigenvalue weighted by Crippen LogP contribution is -2.63. The molecule has 58 heavy (non-hydrogen) atoms. The van der Waals surface area contributed by atoms with Crippen LogP contribution in [0.4, 0.5) is 0 Å². The van der Waals surface area contributed by atoms with Gasteiger partial charge in [-0.25, -0.2) is 0 Å². The van der Waals surface area contributed by atoms with Crippen LogP contribution in [0.1, 0.15) is 88.6 Å². The van der Waals surface area contributed by atoms with Crippen LogP contribution in [-0.4, -0.2) is 140 Å². The highest BCUT2D eigenvalue weighted by atomic mass is 16.5. The minimum absolute atomic E-state index is 0.0179. The molecule has 330 valence electrons. The lowest BCUT2D eigenvalue weighted by Gasteiger charge is -2.42. The van der Waals surface area contributed by atoms with E-state index in [0.717, 1.165) is 11.3 Å². The molecule has 1 rings (SSSR count). The molecular weight excluding hydrogens is 739 g/mol. The van der Waals surface area contributed by atoms with E-state index in [1.807, 2.05) is 107 Å². The molecule has 0 heterocycles. The molecule has 0 spiro atoms. The number of amides is 6. The topological polar surface area (TPSA) is 161 Å². The van der Waals surface area contributed by atoms with E-state index in [4.69, 9.17) is 4.74 Å². The van der Waals surface area contributed by atoms with E-state index in [1.165, 1.54) is 19.6 Å². The lowest BCUT2D eigenvalue weighted by molar-refractivity contribution is -0.157. The van der Waals surface area contributed by atoms with Crippen molar-refractivity contribution in [3.05, 3.63) is 29.8 Å². The Morgan fingerprint density at radius 2 is 0.914 bits per heavy atom. The number of rotatable bonds is 22. The van der Waals surface area contributed by atoms with Crippen molar-refractivity contribution in [2.75, 3.05) is 48.9 Å². The lowest BCUT2D eigenvalue weighted by atomic mass is 9.93. The molecule has 6 amide bonds. The maximum atomic E-state index is 14.6. The van der Waals surface area contributed by atoms with Crippen molar-refractivity contribution in [2.45, 2.75) is 126 Å². The molecule has 0 bridgehead atoms. The van der Waals surface area contributed by atoms with Gasteiger partial charge in [0.15, 0.2) is 0 Å². The van der Waals surface area contributed by atoms with E-state index in [-0.39, 0.29) is 47.3 Å². The monoisotopic (exact) mass is 816 g/mol. The summed E-state index contributed by atoms with van der Waals surface area (Å²) >= 11 is 0. The van der Waals surface area contributed by atoms with Crippen LogP contribution in [0.25, 0.3) is 0 Å². The molecule has 0 unspecified atom stereocenters. The van der Waals surface area contributed by atoms with Crippen LogP contribution >= 0.6 is 0 Å². The van der Waals surface area contributed by atoms with Crippen LogP contribution < -0.4 is 20.7 Å². The minimum Gasteiger partial charge on any atom is -0.496 e. The highest BCUT2D eigenvalue weighted by molar-refractivity contribution is 5.97. The van der Waals surface area contributed by atoms with Gasteiger partial charge in [-0.05, 0) is 60.6 Å². The molecule has 0 fully saturated rings. The molecule has 1 aromatic rings. The van der Waals surface area contributed by atoms with Gasteiger partial charge in [-0.1, -0.05) is 101 Å². The summed E-state index contributed by atoms with van der Waals surface area (Å²) in [6, 6.07) is 2.50. The molecule has 0 saturated heterocycles. The average Bonchev–Trinajstić information content (AvgIpc) is 3.12.